The molecule has 1 fully saturated rings. The smallest absolute Gasteiger partial charge is 0.324 e. The zero-order valence-electron chi connectivity index (χ0n) is 13.2. The van der Waals surface area contributed by atoms with Crippen LogP contribution in [0.1, 0.15) is 19.8 Å². The van der Waals surface area contributed by atoms with Crippen molar-refractivity contribution in [3.63, 3.8) is 0 Å². The molecule has 1 aromatic heterocycles. The Bertz CT molecular complexity index is 633. The molecule has 0 saturated carbocycles. The van der Waals surface area contributed by atoms with Crippen molar-refractivity contribution in [2.24, 2.45) is 5.92 Å². The molecule has 6 nitrogen and oxygen atoms in total. The lowest BCUT2D eigenvalue weighted by Crippen LogP contribution is -2.32. The number of piperidine rings is 1. The normalized spacial score (nSPS) is 15.9. The van der Waals surface area contributed by atoms with Crippen LogP contribution in [0.4, 0.5) is 6.01 Å². The van der Waals surface area contributed by atoms with E-state index in [4.69, 9.17) is 14.0 Å². The van der Waals surface area contributed by atoms with Gasteiger partial charge in [0.15, 0.2) is 11.5 Å². The molecule has 0 unspecified atom stereocenters. The van der Waals surface area contributed by atoms with Gasteiger partial charge in [0.1, 0.15) is 0 Å². The van der Waals surface area contributed by atoms with E-state index in [0.717, 1.165) is 37.4 Å². The van der Waals surface area contributed by atoms with Crippen LogP contribution in [0, 0.1) is 5.92 Å². The second kappa shape index (κ2) is 6.25. The van der Waals surface area contributed by atoms with Gasteiger partial charge in [-0.05, 0) is 30.9 Å². The minimum absolute atomic E-state index is 0.518. The van der Waals surface area contributed by atoms with E-state index in [2.05, 4.69) is 22.0 Å². The first-order valence-corrected chi connectivity index (χ1v) is 7.53. The summed E-state index contributed by atoms with van der Waals surface area (Å²) in [7, 11) is 3.21. The third-order valence-electron chi connectivity index (χ3n) is 4.11. The van der Waals surface area contributed by atoms with Gasteiger partial charge in [-0.1, -0.05) is 18.1 Å². The average molecular weight is 303 g/mol. The van der Waals surface area contributed by atoms with Crippen molar-refractivity contribution in [1.29, 1.82) is 0 Å². The monoisotopic (exact) mass is 303 g/mol. The minimum Gasteiger partial charge on any atom is -0.493 e. The molecule has 2 heterocycles. The molecule has 1 saturated heterocycles. The van der Waals surface area contributed by atoms with Crippen LogP contribution >= 0.6 is 0 Å². The fraction of sp³-hybridized carbons (Fsp3) is 0.500. The molecular formula is C16H21N3O3. The summed E-state index contributed by atoms with van der Waals surface area (Å²) in [6.45, 7) is 4.19. The molecule has 1 aliphatic rings. The molecule has 1 aliphatic heterocycles. The van der Waals surface area contributed by atoms with Crippen LogP contribution in [0.2, 0.25) is 0 Å². The maximum Gasteiger partial charge on any atom is 0.324 e. The number of hydrogen-bond acceptors (Lipinski definition) is 6. The van der Waals surface area contributed by atoms with Gasteiger partial charge in [-0.15, -0.1) is 0 Å². The molecule has 3 rings (SSSR count). The van der Waals surface area contributed by atoms with Gasteiger partial charge in [0.05, 0.1) is 19.8 Å². The SMILES string of the molecule is COc1cccc(-c2noc(N3CCC(C)CC3)n2)c1OC. The first-order chi connectivity index (χ1) is 10.7. The molecule has 0 aliphatic carbocycles. The highest BCUT2D eigenvalue weighted by Gasteiger charge is 2.22. The highest BCUT2D eigenvalue weighted by Crippen LogP contribution is 2.37. The van der Waals surface area contributed by atoms with E-state index in [1.807, 2.05) is 18.2 Å². The van der Waals surface area contributed by atoms with Crippen LogP contribution in [0.5, 0.6) is 11.5 Å². The fourth-order valence-corrected chi connectivity index (χ4v) is 2.72. The molecule has 118 valence electrons. The predicted molar refractivity (Wildman–Crippen MR) is 83.4 cm³/mol. The van der Waals surface area contributed by atoms with Gasteiger partial charge < -0.3 is 18.9 Å². The van der Waals surface area contributed by atoms with Gasteiger partial charge in [0.2, 0.25) is 5.82 Å². The molecular weight excluding hydrogens is 282 g/mol. The summed E-state index contributed by atoms with van der Waals surface area (Å²) in [6, 6.07) is 6.20. The highest BCUT2D eigenvalue weighted by molar-refractivity contribution is 5.69. The Morgan fingerprint density at radius 2 is 1.95 bits per heavy atom. The quantitative estimate of drug-likeness (QED) is 0.865. The minimum atomic E-state index is 0.518. The van der Waals surface area contributed by atoms with Crippen LogP contribution in [0.25, 0.3) is 11.4 Å². The number of rotatable bonds is 4. The predicted octanol–water partition coefficient (Wildman–Crippen LogP) is 2.99. The molecule has 0 bridgehead atoms. The molecule has 0 amide bonds. The maximum absolute atomic E-state index is 5.44. The molecule has 6 heteroatoms. The van der Waals surface area contributed by atoms with Crippen LogP contribution in [0.15, 0.2) is 22.7 Å². The third kappa shape index (κ3) is 2.73. The number of anilines is 1. The van der Waals surface area contributed by atoms with Gasteiger partial charge in [0, 0.05) is 13.1 Å². The number of para-hydroxylation sites is 1. The Morgan fingerprint density at radius 3 is 2.64 bits per heavy atom. The van der Waals surface area contributed by atoms with Crippen LogP contribution < -0.4 is 14.4 Å². The second-order valence-corrected chi connectivity index (χ2v) is 5.61. The first kappa shape index (κ1) is 14.7. The number of ether oxygens (including phenoxy) is 2. The standard InChI is InChI=1S/C16H21N3O3/c1-11-7-9-19(10-8-11)16-17-15(18-22-16)12-5-4-6-13(20-2)14(12)21-3/h4-6,11H,7-10H2,1-3H3. The van der Waals surface area contributed by atoms with E-state index in [1.165, 1.54) is 0 Å². The zero-order chi connectivity index (χ0) is 15.5. The lowest BCUT2D eigenvalue weighted by molar-refractivity contribution is 0.355. The highest BCUT2D eigenvalue weighted by atomic mass is 16.5. The van der Waals surface area contributed by atoms with Crippen molar-refractivity contribution in [1.82, 2.24) is 10.1 Å². The van der Waals surface area contributed by atoms with Crippen molar-refractivity contribution in [3.05, 3.63) is 18.2 Å². The Balaban J connectivity index is 1.88. The fourth-order valence-electron chi connectivity index (χ4n) is 2.72. The number of methoxy groups -OCH3 is 2. The lowest BCUT2D eigenvalue weighted by Gasteiger charge is -2.28. The summed E-state index contributed by atoms with van der Waals surface area (Å²) in [4.78, 5) is 6.67. The van der Waals surface area contributed by atoms with Crippen molar-refractivity contribution < 1.29 is 14.0 Å². The summed E-state index contributed by atoms with van der Waals surface area (Å²) >= 11 is 0. The summed E-state index contributed by atoms with van der Waals surface area (Å²) < 4.78 is 16.2. The van der Waals surface area contributed by atoms with E-state index < -0.39 is 0 Å². The summed E-state index contributed by atoms with van der Waals surface area (Å²) in [6.07, 6.45) is 2.31. The van der Waals surface area contributed by atoms with Crippen LogP contribution in [-0.4, -0.2) is 37.4 Å². The van der Waals surface area contributed by atoms with Gasteiger partial charge in [-0.3, -0.25) is 0 Å². The van der Waals surface area contributed by atoms with E-state index in [1.54, 1.807) is 14.2 Å². The summed E-state index contributed by atoms with van der Waals surface area (Å²) in [5.41, 5.74) is 0.766. The summed E-state index contributed by atoms with van der Waals surface area (Å²) in [5.74, 6) is 2.55. The number of aromatic nitrogens is 2. The molecule has 0 N–H and O–H groups in total. The van der Waals surface area contributed by atoms with Gasteiger partial charge >= 0.3 is 6.01 Å². The molecule has 1 aromatic carbocycles. The molecule has 2 aromatic rings. The van der Waals surface area contributed by atoms with Gasteiger partial charge in [-0.2, -0.15) is 4.98 Å². The lowest BCUT2D eigenvalue weighted by atomic mass is 10.00. The van der Waals surface area contributed by atoms with Crippen LogP contribution in [0.3, 0.4) is 0 Å². The molecule has 0 atom stereocenters. The Hall–Kier alpha value is -2.24. The van der Waals surface area contributed by atoms with Crippen molar-refractivity contribution in [2.75, 3.05) is 32.2 Å². The first-order valence-electron chi connectivity index (χ1n) is 7.53. The largest absolute Gasteiger partial charge is 0.493 e. The number of nitrogens with zero attached hydrogens (tertiary/aromatic N) is 3. The third-order valence-corrected chi connectivity index (χ3v) is 4.11. The molecule has 0 spiro atoms. The zero-order valence-corrected chi connectivity index (χ0v) is 13.2. The number of benzene rings is 1. The van der Waals surface area contributed by atoms with Gasteiger partial charge in [-0.25, -0.2) is 0 Å². The average Bonchev–Trinajstić information content (AvgIpc) is 3.04. The summed E-state index contributed by atoms with van der Waals surface area (Å²) in [5, 5.41) is 4.10. The van der Waals surface area contributed by atoms with Gasteiger partial charge in [0.25, 0.3) is 0 Å². The molecule has 22 heavy (non-hydrogen) atoms. The Morgan fingerprint density at radius 1 is 1.18 bits per heavy atom. The van der Waals surface area contributed by atoms with E-state index in [-0.39, 0.29) is 0 Å². The van der Waals surface area contributed by atoms with Crippen LogP contribution in [-0.2, 0) is 0 Å². The van der Waals surface area contributed by atoms with E-state index >= 15 is 0 Å². The Kier molecular flexibility index (Phi) is 4.18. The van der Waals surface area contributed by atoms with E-state index in [9.17, 15) is 0 Å². The van der Waals surface area contributed by atoms with E-state index in [0.29, 0.717) is 23.3 Å². The molecule has 0 radical (unpaired) electrons. The second-order valence-electron chi connectivity index (χ2n) is 5.61. The topological polar surface area (TPSA) is 60.6 Å². The maximum atomic E-state index is 5.44. The van der Waals surface area contributed by atoms with Crippen molar-refractivity contribution >= 4 is 6.01 Å². The van der Waals surface area contributed by atoms with Crippen molar-refractivity contribution in [3.8, 4) is 22.9 Å². The van der Waals surface area contributed by atoms with Crippen molar-refractivity contribution in [2.45, 2.75) is 19.8 Å². The number of hydrogen-bond donors (Lipinski definition) is 0. The Labute approximate surface area is 130 Å².